The molecule has 28 heavy (non-hydrogen) atoms. The summed E-state index contributed by atoms with van der Waals surface area (Å²) in [5.41, 5.74) is 2.32. The van der Waals surface area contributed by atoms with Gasteiger partial charge in [0.2, 0.25) is 0 Å². The molecule has 4 rings (SSSR count). The molecule has 2 heterocycles. The number of thioether (sulfide) groups is 1. The first kappa shape index (κ1) is 19.2. The lowest BCUT2D eigenvalue weighted by atomic mass is 10.2. The van der Waals surface area contributed by atoms with Crippen LogP contribution in [0.4, 0.5) is 4.79 Å². The van der Waals surface area contributed by atoms with E-state index < -0.39 is 0 Å². The number of hydrogen-bond donors (Lipinski definition) is 0. The molecule has 0 unspecified atom stereocenters. The molecule has 8 heteroatoms. The lowest BCUT2D eigenvalue weighted by molar-refractivity contribution is -0.123. The van der Waals surface area contributed by atoms with Crippen LogP contribution in [0, 0.1) is 0 Å². The largest absolute Gasteiger partial charge is 0.293 e. The van der Waals surface area contributed by atoms with Crippen molar-refractivity contribution in [1.29, 1.82) is 0 Å². The molecule has 0 saturated carbocycles. The van der Waals surface area contributed by atoms with E-state index in [1.165, 1.54) is 16.2 Å². The molecule has 2 aromatic carbocycles. The Morgan fingerprint density at radius 1 is 1.07 bits per heavy atom. The summed E-state index contributed by atoms with van der Waals surface area (Å²) in [7, 11) is 0. The Labute approximate surface area is 179 Å². The van der Waals surface area contributed by atoms with Gasteiger partial charge in [-0.15, -0.1) is 11.3 Å². The number of rotatable bonds is 4. The van der Waals surface area contributed by atoms with E-state index in [-0.39, 0.29) is 17.7 Å². The van der Waals surface area contributed by atoms with Gasteiger partial charge in [0.05, 0.1) is 17.1 Å². The van der Waals surface area contributed by atoms with Gasteiger partial charge >= 0.3 is 0 Å². The predicted octanol–water partition coefficient (Wildman–Crippen LogP) is 6.35. The Morgan fingerprint density at radius 3 is 2.61 bits per heavy atom. The summed E-state index contributed by atoms with van der Waals surface area (Å²) in [4.78, 5) is 31.1. The van der Waals surface area contributed by atoms with Crippen molar-refractivity contribution < 1.29 is 9.59 Å². The number of carbonyl (C=O) groups is 2. The molecule has 1 fully saturated rings. The maximum Gasteiger partial charge on any atom is 0.293 e. The van der Waals surface area contributed by atoms with Crippen LogP contribution < -0.4 is 0 Å². The minimum Gasteiger partial charge on any atom is -0.268 e. The number of halogens is 2. The van der Waals surface area contributed by atoms with Gasteiger partial charge in [0.1, 0.15) is 5.01 Å². The summed E-state index contributed by atoms with van der Waals surface area (Å²) >= 11 is 14.4. The third-order valence-electron chi connectivity index (χ3n) is 4.02. The Morgan fingerprint density at radius 2 is 1.86 bits per heavy atom. The molecule has 140 valence electrons. The highest BCUT2D eigenvalue weighted by molar-refractivity contribution is 8.18. The van der Waals surface area contributed by atoms with E-state index in [1.807, 2.05) is 35.7 Å². The molecule has 0 spiro atoms. The van der Waals surface area contributed by atoms with Gasteiger partial charge in [-0.25, -0.2) is 4.98 Å². The van der Waals surface area contributed by atoms with Gasteiger partial charge in [-0.2, -0.15) is 0 Å². The van der Waals surface area contributed by atoms with E-state index in [9.17, 15) is 9.59 Å². The lowest BCUT2D eigenvalue weighted by Gasteiger charge is -2.10. The second kappa shape index (κ2) is 8.09. The summed E-state index contributed by atoms with van der Waals surface area (Å²) in [6.07, 6.45) is 1.61. The van der Waals surface area contributed by atoms with E-state index in [0.29, 0.717) is 26.2 Å². The summed E-state index contributed by atoms with van der Waals surface area (Å²) in [5, 5.41) is 3.33. The van der Waals surface area contributed by atoms with Crippen molar-refractivity contribution in [1.82, 2.24) is 9.88 Å². The summed E-state index contributed by atoms with van der Waals surface area (Å²) in [6.45, 7) is 0.139. The Balaban J connectivity index is 1.53. The quantitative estimate of drug-likeness (QED) is 0.437. The van der Waals surface area contributed by atoms with Gasteiger partial charge in [-0.1, -0.05) is 59.6 Å². The molecular weight excluding hydrogens is 435 g/mol. The van der Waals surface area contributed by atoms with Crippen LogP contribution >= 0.6 is 46.3 Å². The van der Waals surface area contributed by atoms with Crippen molar-refractivity contribution in [2.45, 2.75) is 6.54 Å². The molecule has 0 aliphatic carbocycles. The highest BCUT2D eigenvalue weighted by Gasteiger charge is 2.35. The Kier molecular flexibility index (Phi) is 5.55. The molecule has 1 aromatic heterocycles. The number of thiazole rings is 1. The zero-order valence-corrected chi connectivity index (χ0v) is 17.4. The van der Waals surface area contributed by atoms with Gasteiger partial charge in [0.25, 0.3) is 11.1 Å². The fourth-order valence-electron chi connectivity index (χ4n) is 2.65. The van der Waals surface area contributed by atoms with Gasteiger partial charge in [-0.3, -0.25) is 14.5 Å². The summed E-state index contributed by atoms with van der Waals surface area (Å²) in [6, 6.07) is 14.8. The predicted molar refractivity (Wildman–Crippen MR) is 116 cm³/mol. The fourth-order valence-corrected chi connectivity index (χ4v) is 4.76. The van der Waals surface area contributed by atoms with Gasteiger partial charge < -0.3 is 0 Å². The molecule has 0 radical (unpaired) electrons. The number of benzene rings is 2. The average molecular weight is 447 g/mol. The topological polar surface area (TPSA) is 50.3 Å². The first-order valence-corrected chi connectivity index (χ1v) is 10.7. The monoisotopic (exact) mass is 446 g/mol. The molecule has 1 aliphatic heterocycles. The second-order valence-electron chi connectivity index (χ2n) is 5.94. The third-order valence-corrected chi connectivity index (χ3v) is 6.43. The van der Waals surface area contributed by atoms with Crippen LogP contribution in [-0.4, -0.2) is 21.0 Å². The normalized spacial score (nSPS) is 15.6. The van der Waals surface area contributed by atoms with Gasteiger partial charge in [-0.05, 0) is 35.5 Å². The average Bonchev–Trinajstić information content (AvgIpc) is 3.25. The number of amides is 2. The Bertz CT molecular complexity index is 1100. The van der Waals surface area contributed by atoms with Crippen LogP contribution in [0.25, 0.3) is 16.6 Å². The van der Waals surface area contributed by atoms with Crippen molar-refractivity contribution in [3.05, 3.63) is 80.1 Å². The summed E-state index contributed by atoms with van der Waals surface area (Å²) < 4.78 is 0. The highest BCUT2D eigenvalue weighted by atomic mass is 35.5. The van der Waals surface area contributed by atoms with Crippen LogP contribution in [0.3, 0.4) is 0 Å². The van der Waals surface area contributed by atoms with Crippen molar-refractivity contribution in [3.63, 3.8) is 0 Å². The molecule has 0 bridgehead atoms. The van der Waals surface area contributed by atoms with E-state index in [1.54, 1.807) is 24.3 Å². The number of aromatic nitrogens is 1. The van der Waals surface area contributed by atoms with Crippen LogP contribution in [0.5, 0.6) is 0 Å². The Hall–Kier alpha value is -2.12. The van der Waals surface area contributed by atoms with Crippen molar-refractivity contribution in [3.8, 4) is 10.6 Å². The molecular formula is C20H12Cl2N2O2S2. The molecule has 3 aromatic rings. The first-order chi connectivity index (χ1) is 13.5. The lowest BCUT2D eigenvalue weighted by Crippen LogP contribution is -2.27. The minimum atomic E-state index is -0.352. The number of hydrogen-bond acceptors (Lipinski definition) is 5. The third kappa shape index (κ3) is 4.00. The SMILES string of the molecule is O=C1S/C(=C/c2ccc(Cl)cc2Cl)C(=O)N1Cc1csc(-c2ccccc2)n1. The maximum absolute atomic E-state index is 12.7. The van der Waals surface area contributed by atoms with E-state index in [4.69, 9.17) is 23.2 Å². The number of imide groups is 1. The molecule has 1 saturated heterocycles. The molecule has 0 atom stereocenters. The van der Waals surface area contributed by atoms with Crippen molar-refractivity contribution in [2.75, 3.05) is 0 Å². The van der Waals surface area contributed by atoms with Crippen molar-refractivity contribution in [2.24, 2.45) is 0 Å². The van der Waals surface area contributed by atoms with Gasteiger partial charge in [0, 0.05) is 21.0 Å². The first-order valence-electron chi connectivity index (χ1n) is 8.21. The maximum atomic E-state index is 12.7. The van der Waals surface area contributed by atoms with E-state index in [2.05, 4.69) is 4.98 Å². The number of carbonyl (C=O) groups excluding carboxylic acids is 2. The standard InChI is InChI=1S/C20H12Cl2N2O2S2/c21-14-7-6-13(16(22)9-14)8-17-19(25)24(20(26)28-17)10-15-11-27-18(23-15)12-4-2-1-3-5-12/h1-9,11H,10H2/b17-8+. The van der Waals surface area contributed by atoms with Crippen LogP contribution in [0.2, 0.25) is 10.0 Å². The smallest absolute Gasteiger partial charge is 0.268 e. The van der Waals surface area contributed by atoms with Crippen LogP contribution in [0.15, 0.2) is 58.8 Å². The molecule has 2 amide bonds. The molecule has 4 nitrogen and oxygen atoms in total. The molecule has 0 N–H and O–H groups in total. The van der Waals surface area contributed by atoms with Crippen LogP contribution in [0.1, 0.15) is 11.3 Å². The fraction of sp³-hybridized carbons (Fsp3) is 0.0500. The summed E-state index contributed by atoms with van der Waals surface area (Å²) in [5.74, 6) is -0.352. The molecule has 1 aliphatic rings. The van der Waals surface area contributed by atoms with Crippen molar-refractivity contribution >= 4 is 63.5 Å². The number of nitrogens with zero attached hydrogens (tertiary/aromatic N) is 2. The van der Waals surface area contributed by atoms with Gasteiger partial charge in [0.15, 0.2) is 0 Å². The van der Waals surface area contributed by atoms with E-state index >= 15 is 0 Å². The zero-order chi connectivity index (χ0) is 19.7. The van der Waals surface area contributed by atoms with Crippen LogP contribution in [-0.2, 0) is 11.3 Å². The highest BCUT2D eigenvalue weighted by Crippen LogP contribution is 2.35. The zero-order valence-electron chi connectivity index (χ0n) is 14.3. The van der Waals surface area contributed by atoms with E-state index in [0.717, 1.165) is 22.3 Å². The second-order valence-corrected chi connectivity index (χ2v) is 8.64. The minimum absolute atomic E-state index is 0.139.